The van der Waals surface area contributed by atoms with Crippen molar-refractivity contribution in [3.05, 3.63) is 77.9 Å². The van der Waals surface area contributed by atoms with E-state index in [1.54, 1.807) is 12.1 Å². The van der Waals surface area contributed by atoms with E-state index in [4.69, 9.17) is 4.74 Å². The Morgan fingerprint density at radius 2 is 1.28 bits per heavy atom. The highest BCUT2D eigenvalue weighted by Gasteiger charge is 2.17. The Morgan fingerprint density at radius 1 is 0.724 bits per heavy atom. The van der Waals surface area contributed by atoms with E-state index in [-0.39, 0.29) is 16.8 Å². The maximum atomic E-state index is 12.4. The molecule has 0 fully saturated rings. The summed E-state index contributed by atoms with van der Waals surface area (Å²) in [6, 6.07) is 14.9. The van der Waals surface area contributed by atoms with E-state index in [0.29, 0.717) is 11.3 Å². The van der Waals surface area contributed by atoms with Crippen molar-refractivity contribution in [2.75, 3.05) is 0 Å². The fraction of sp³-hybridized carbons (Fsp3) is 0.320. The quantitative estimate of drug-likeness (QED) is 0.410. The van der Waals surface area contributed by atoms with E-state index < -0.39 is 0 Å². The zero-order chi connectivity index (χ0) is 21.2. The molecule has 2 aromatic carbocycles. The first-order chi connectivity index (χ1) is 13.5. The van der Waals surface area contributed by atoms with Gasteiger partial charge >= 0.3 is 5.97 Å². The summed E-state index contributed by atoms with van der Waals surface area (Å²) in [7, 11) is 0. The van der Waals surface area contributed by atoms with Crippen molar-refractivity contribution in [2.24, 2.45) is 0 Å². The normalized spacial score (nSPS) is 11.9. The molecular formula is C25H28N2O2. The van der Waals surface area contributed by atoms with Crippen molar-refractivity contribution in [1.29, 1.82) is 0 Å². The molecule has 0 atom stereocenters. The van der Waals surface area contributed by atoms with Crippen LogP contribution in [0.25, 0.3) is 11.1 Å². The largest absolute Gasteiger partial charge is 0.423 e. The Bertz CT molecular complexity index is 975. The van der Waals surface area contributed by atoms with Crippen LogP contribution in [0.3, 0.4) is 0 Å². The third-order valence-corrected chi connectivity index (χ3v) is 4.71. The SMILES string of the molecule is CC(C)(C)c1ccc(C(=O)Oc2ccc(-c3cnc(C(C)(C)C)nc3)cc2)cc1. The molecule has 3 aromatic rings. The van der Waals surface area contributed by atoms with Gasteiger partial charge in [-0.25, -0.2) is 14.8 Å². The lowest BCUT2D eigenvalue weighted by molar-refractivity contribution is 0.0734. The third kappa shape index (κ3) is 5.08. The Balaban J connectivity index is 1.69. The number of ether oxygens (including phenoxy) is 1. The van der Waals surface area contributed by atoms with Crippen LogP contribution in [0.5, 0.6) is 5.75 Å². The van der Waals surface area contributed by atoms with Gasteiger partial charge in [-0.05, 0) is 40.8 Å². The smallest absolute Gasteiger partial charge is 0.343 e. The van der Waals surface area contributed by atoms with Crippen molar-refractivity contribution in [1.82, 2.24) is 9.97 Å². The number of carbonyl (C=O) groups excluding carboxylic acids is 1. The second kappa shape index (κ2) is 7.78. The number of aromatic nitrogens is 2. The Kier molecular flexibility index (Phi) is 5.56. The molecule has 0 N–H and O–H groups in total. The molecule has 0 bridgehead atoms. The van der Waals surface area contributed by atoms with Crippen molar-refractivity contribution >= 4 is 5.97 Å². The topological polar surface area (TPSA) is 52.1 Å². The van der Waals surface area contributed by atoms with Crippen LogP contribution in [0, 0.1) is 0 Å². The van der Waals surface area contributed by atoms with Crippen LogP contribution in [-0.2, 0) is 10.8 Å². The molecule has 0 amide bonds. The summed E-state index contributed by atoms with van der Waals surface area (Å²) in [6.07, 6.45) is 3.65. The second-order valence-corrected chi connectivity index (χ2v) is 9.29. The van der Waals surface area contributed by atoms with Crippen LogP contribution in [0.2, 0.25) is 0 Å². The molecular weight excluding hydrogens is 360 g/mol. The minimum absolute atomic E-state index is 0.0487. The summed E-state index contributed by atoms with van der Waals surface area (Å²) in [5.41, 5.74) is 3.58. The van der Waals surface area contributed by atoms with Gasteiger partial charge in [-0.1, -0.05) is 65.8 Å². The van der Waals surface area contributed by atoms with Gasteiger partial charge in [0, 0.05) is 23.4 Å². The van der Waals surface area contributed by atoms with Gasteiger partial charge in [-0.3, -0.25) is 0 Å². The lowest BCUT2D eigenvalue weighted by Crippen LogP contribution is -2.15. The van der Waals surface area contributed by atoms with Crippen molar-refractivity contribution < 1.29 is 9.53 Å². The number of hydrogen-bond acceptors (Lipinski definition) is 4. The van der Waals surface area contributed by atoms with Gasteiger partial charge in [0.1, 0.15) is 11.6 Å². The number of esters is 1. The molecule has 29 heavy (non-hydrogen) atoms. The number of benzene rings is 2. The van der Waals surface area contributed by atoms with Gasteiger partial charge in [-0.15, -0.1) is 0 Å². The summed E-state index contributed by atoms with van der Waals surface area (Å²) in [5.74, 6) is 0.950. The van der Waals surface area contributed by atoms with E-state index in [9.17, 15) is 4.79 Å². The van der Waals surface area contributed by atoms with Crippen molar-refractivity contribution in [3.63, 3.8) is 0 Å². The van der Waals surface area contributed by atoms with E-state index >= 15 is 0 Å². The molecule has 150 valence electrons. The van der Waals surface area contributed by atoms with Crippen LogP contribution in [0.4, 0.5) is 0 Å². The lowest BCUT2D eigenvalue weighted by atomic mass is 9.87. The molecule has 1 aromatic heterocycles. The third-order valence-electron chi connectivity index (χ3n) is 4.71. The fourth-order valence-corrected chi connectivity index (χ4v) is 2.85. The van der Waals surface area contributed by atoms with Gasteiger partial charge in [0.15, 0.2) is 0 Å². The Hall–Kier alpha value is -3.01. The molecule has 0 aliphatic rings. The number of rotatable bonds is 3. The van der Waals surface area contributed by atoms with E-state index in [0.717, 1.165) is 17.0 Å². The molecule has 0 radical (unpaired) electrons. The number of carbonyl (C=O) groups is 1. The van der Waals surface area contributed by atoms with E-state index in [2.05, 4.69) is 51.5 Å². The van der Waals surface area contributed by atoms with Gasteiger partial charge in [0.2, 0.25) is 0 Å². The first kappa shape index (κ1) is 20.7. The molecule has 3 rings (SSSR count). The van der Waals surface area contributed by atoms with E-state index in [1.165, 1.54) is 5.56 Å². The molecule has 0 unspecified atom stereocenters. The van der Waals surface area contributed by atoms with Gasteiger partial charge < -0.3 is 4.74 Å². The highest BCUT2D eigenvalue weighted by molar-refractivity contribution is 5.91. The van der Waals surface area contributed by atoms with Gasteiger partial charge in [-0.2, -0.15) is 0 Å². The standard InChI is InChI=1S/C25H28N2O2/c1-24(2,3)20-11-7-18(8-12-20)22(28)29-21-13-9-17(10-14-21)19-15-26-23(27-16-19)25(4,5)6/h7-16H,1-6H3. The van der Waals surface area contributed by atoms with E-state index in [1.807, 2.05) is 48.8 Å². The molecule has 0 saturated heterocycles. The first-order valence-electron chi connectivity index (χ1n) is 9.80. The zero-order valence-corrected chi connectivity index (χ0v) is 18.0. The molecule has 4 nitrogen and oxygen atoms in total. The minimum Gasteiger partial charge on any atom is -0.423 e. The first-order valence-corrected chi connectivity index (χ1v) is 9.80. The van der Waals surface area contributed by atoms with Crippen molar-refractivity contribution in [2.45, 2.75) is 52.4 Å². The maximum Gasteiger partial charge on any atom is 0.343 e. The van der Waals surface area contributed by atoms with Crippen molar-refractivity contribution in [3.8, 4) is 16.9 Å². The average molecular weight is 389 g/mol. The molecule has 4 heteroatoms. The van der Waals surface area contributed by atoms with Crippen LogP contribution < -0.4 is 4.74 Å². The van der Waals surface area contributed by atoms with Crippen LogP contribution in [0.15, 0.2) is 60.9 Å². The zero-order valence-electron chi connectivity index (χ0n) is 18.0. The summed E-state index contributed by atoms with van der Waals surface area (Å²) in [5, 5.41) is 0. The maximum absolute atomic E-state index is 12.4. The highest BCUT2D eigenvalue weighted by atomic mass is 16.5. The summed E-state index contributed by atoms with van der Waals surface area (Å²) in [6.45, 7) is 12.7. The fourth-order valence-electron chi connectivity index (χ4n) is 2.85. The average Bonchev–Trinajstić information content (AvgIpc) is 2.67. The van der Waals surface area contributed by atoms with Crippen LogP contribution in [-0.4, -0.2) is 15.9 Å². The summed E-state index contributed by atoms with van der Waals surface area (Å²) in [4.78, 5) is 21.3. The monoisotopic (exact) mass is 388 g/mol. The summed E-state index contributed by atoms with van der Waals surface area (Å²) < 4.78 is 5.51. The molecule has 0 aliphatic carbocycles. The van der Waals surface area contributed by atoms with Crippen LogP contribution >= 0.6 is 0 Å². The Labute approximate surface area is 173 Å². The van der Waals surface area contributed by atoms with Gasteiger partial charge in [0.25, 0.3) is 0 Å². The molecule has 1 heterocycles. The Morgan fingerprint density at radius 3 is 1.76 bits per heavy atom. The lowest BCUT2D eigenvalue weighted by Gasteiger charge is -2.18. The van der Waals surface area contributed by atoms with Gasteiger partial charge in [0.05, 0.1) is 5.56 Å². The number of nitrogens with zero attached hydrogens (tertiary/aromatic N) is 2. The summed E-state index contributed by atoms with van der Waals surface area (Å²) >= 11 is 0. The number of hydrogen-bond donors (Lipinski definition) is 0. The second-order valence-electron chi connectivity index (χ2n) is 9.29. The minimum atomic E-state index is -0.365. The molecule has 0 aliphatic heterocycles. The van der Waals surface area contributed by atoms with Crippen LogP contribution in [0.1, 0.15) is 63.3 Å². The highest BCUT2D eigenvalue weighted by Crippen LogP contribution is 2.25. The predicted octanol–water partition coefficient (Wildman–Crippen LogP) is 5.96. The molecule has 0 spiro atoms. The molecule has 0 saturated carbocycles. The predicted molar refractivity (Wildman–Crippen MR) is 116 cm³/mol.